The summed E-state index contributed by atoms with van der Waals surface area (Å²) >= 11 is 9.41. The monoisotopic (exact) mass is 352 g/mol. The van der Waals surface area contributed by atoms with Crippen molar-refractivity contribution in [1.29, 1.82) is 0 Å². The van der Waals surface area contributed by atoms with Crippen molar-refractivity contribution in [3.05, 3.63) is 33.3 Å². The molecule has 0 bridgehead atoms. The third kappa shape index (κ3) is 3.88. The van der Waals surface area contributed by atoms with Gasteiger partial charge in [0.1, 0.15) is 0 Å². The lowest BCUT2D eigenvalue weighted by molar-refractivity contribution is 0.00430. The van der Waals surface area contributed by atoms with E-state index in [2.05, 4.69) is 21.4 Å². The molecule has 1 aromatic rings. The average molecular weight is 354 g/mol. The van der Waals surface area contributed by atoms with E-state index < -0.39 is 5.92 Å². The van der Waals surface area contributed by atoms with Gasteiger partial charge in [-0.15, -0.1) is 0 Å². The van der Waals surface area contributed by atoms with Crippen molar-refractivity contribution in [3.63, 3.8) is 0 Å². The first-order valence-electron chi connectivity index (χ1n) is 6.20. The minimum Gasteiger partial charge on any atom is -0.271 e. The molecule has 2 rings (SSSR count). The molecule has 0 radical (unpaired) electrons. The molecule has 2 unspecified atom stereocenters. The van der Waals surface area contributed by atoms with Crippen LogP contribution in [0, 0.1) is 5.92 Å². The van der Waals surface area contributed by atoms with Crippen molar-refractivity contribution in [2.24, 2.45) is 11.8 Å². The number of hydrogen-bond acceptors (Lipinski definition) is 2. The van der Waals surface area contributed by atoms with E-state index >= 15 is 0 Å². The fourth-order valence-electron chi connectivity index (χ4n) is 2.64. The Morgan fingerprint density at radius 2 is 2.26 bits per heavy atom. The summed E-state index contributed by atoms with van der Waals surface area (Å²) in [5, 5.41) is 0.607. The number of rotatable bonds is 4. The number of halogens is 4. The molecule has 0 spiro atoms. The molecular formula is C13H16BrClF2N2. The first kappa shape index (κ1) is 15.2. The predicted molar refractivity (Wildman–Crippen MR) is 76.1 cm³/mol. The lowest BCUT2D eigenvalue weighted by atomic mass is 9.94. The molecule has 1 aliphatic rings. The van der Waals surface area contributed by atoms with Gasteiger partial charge in [-0.05, 0) is 42.5 Å². The summed E-state index contributed by atoms with van der Waals surface area (Å²) in [5.41, 5.74) is 3.61. The summed E-state index contributed by atoms with van der Waals surface area (Å²) in [4.78, 5) is 0. The van der Waals surface area contributed by atoms with E-state index in [1.54, 1.807) is 6.07 Å². The summed E-state index contributed by atoms with van der Waals surface area (Å²) in [6, 6.07) is 5.24. The zero-order valence-electron chi connectivity index (χ0n) is 10.3. The Labute approximate surface area is 124 Å². The number of hydrogen-bond donors (Lipinski definition) is 2. The molecule has 2 nitrogen and oxygen atoms in total. The highest BCUT2D eigenvalue weighted by atomic mass is 79.9. The Morgan fingerprint density at radius 1 is 1.53 bits per heavy atom. The van der Waals surface area contributed by atoms with Crippen molar-refractivity contribution in [2.75, 3.05) is 0 Å². The van der Waals surface area contributed by atoms with Gasteiger partial charge in [-0.3, -0.25) is 11.3 Å². The van der Waals surface area contributed by atoms with Crippen molar-refractivity contribution in [1.82, 2.24) is 5.43 Å². The summed E-state index contributed by atoms with van der Waals surface area (Å²) in [6.07, 6.45) is 1.06. The Morgan fingerprint density at radius 3 is 2.84 bits per heavy atom. The lowest BCUT2D eigenvalue weighted by Crippen LogP contribution is -2.30. The summed E-state index contributed by atoms with van der Waals surface area (Å²) in [7, 11) is 0. The van der Waals surface area contributed by atoms with E-state index in [1.165, 1.54) is 0 Å². The van der Waals surface area contributed by atoms with Crippen molar-refractivity contribution >= 4 is 27.5 Å². The maximum absolute atomic E-state index is 13.2. The van der Waals surface area contributed by atoms with Gasteiger partial charge < -0.3 is 0 Å². The minimum absolute atomic E-state index is 0.0121. The first-order chi connectivity index (χ1) is 8.91. The average Bonchev–Trinajstić information content (AvgIpc) is 2.69. The topological polar surface area (TPSA) is 38.0 Å². The van der Waals surface area contributed by atoms with Crippen molar-refractivity contribution in [3.8, 4) is 0 Å². The standard InChI is InChI=1S/C13H16BrClF2N2/c14-11-2-1-9(15)6-10(11)12(19-18)5-8-3-4-13(16,17)7-8/h1-2,6,8,12,19H,3-5,7,18H2. The van der Waals surface area contributed by atoms with Gasteiger partial charge in [-0.2, -0.15) is 0 Å². The number of nitrogens with one attached hydrogen (secondary N) is 1. The van der Waals surface area contributed by atoms with Gasteiger partial charge >= 0.3 is 0 Å². The number of nitrogens with two attached hydrogens (primary N) is 1. The minimum atomic E-state index is -2.52. The SMILES string of the molecule is NNC(CC1CCC(F)(F)C1)c1cc(Cl)ccc1Br. The van der Waals surface area contributed by atoms with Crippen LogP contribution >= 0.6 is 27.5 Å². The fraction of sp³-hybridized carbons (Fsp3) is 0.538. The van der Waals surface area contributed by atoms with Crippen LogP contribution in [0.4, 0.5) is 8.78 Å². The lowest BCUT2D eigenvalue weighted by Gasteiger charge is -2.21. The summed E-state index contributed by atoms with van der Waals surface area (Å²) in [5.74, 6) is 3.04. The molecule has 0 amide bonds. The fourth-order valence-corrected chi connectivity index (χ4v) is 3.35. The molecule has 106 valence electrons. The van der Waals surface area contributed by atoms with Gasteiger partial charge in [-0.1, -0.05) is 27.5 Å². The number of benzene rings is 1. The molecule has 0 aliphatic heterocycles. The second-order valence-corrected chi connectivity index (χ2v) is 6.38. The van der Waals surface area contributed by atoms with E-state index in [9.17, 15) is 8.78 Å². The Kier molecular flexibility index (Phi) is 4.82. The highest BCUT2D eigenvalue weighted by Crippen LogP contribution is 2.43. The maximum atomic E-state index is 13.2. The molecule has 0 heterocycles. The van der Waals surface area contributed by atoms with Crippen molar-refractivity contribution < 1.29 is 8.78 Å². The van der Waals surface area contributed by atoms with Crippen LogP contribution in [0.15, 0.2) is 22.7 Å². The van der Waals surface area contributed by atoms with Crippen LogP contribution in [-0.2, 0) is 0 Å². The largest absolute Gasteiger partial charge is 0.271 e. The van der Waals surface area contributed by atoms with Crippen LogP contribution in [0.25, 0.3) is 0 Å². The van der Waals surface area contributed by atoms with E-state index in [4.69, 9.17) is 17.4 Å². The van der Waals surface area contributed by atoms with Gasteiger partial charge in [0, 0.05) is 28.4 Å². The molecule has 2 atom stereocenters. The van der Waals surface area contributed by atoms with Gasteiger partial charge in [0.25, 0.3) is 0 Å². The highest BCUT2D eigenvalue weighted by molar-refractivity contribution is 9.10. The summed E-state index contributed by atoms with van der Waals surface area (Å²) in [6.45, 7) is 0. The van der Waals surface area contributed by atoms with E-state index in [1.807, 2.05) is 12.1 Å². The van der Waals surface area contributed by atoms with Crippen molar-refractivity contribution in [2.45, 2.75) is 37.6 Å². The normalized spacial score (nSPS) is 23.5. The van der Waals surface area contributed by atoms with Gasteiger partial charge in [0.2, 0.25) is 5.92 Å². The van der Waals surface area contributed by atoms with Gasteiger partial charge in [0.05, 0.1) is 0 Å². The molecular weight excluding hydrogens is 338 g/mol. The van der Waals surface area contributed by atoms with Crippen LogP contribution in [0.2, 0.25) is 5.02 Å². The van der Waals surface area contributed by atoms with Gasteiger partial charge in [-0.25, -0.2) is 8.78 Å². The predicted octanol–water partition coefficient (Wildman–Crippen LogP) is 4.43. The Bertz CT molecular complexity index is 456. The van der Waals surface area contributed by atoms with E-state index in [-0.39, 0.29) is 24.8 Å². The zero-order valence-corrected chi connectivity index (χ0v) is 12.6. The zero-order chi connectivity index (χ0) is 14.0. The molecule has 3 N–H and O–H groups in total. The van der Waals surface area contributed by atoms with Crippen LogP contribution < -0.4 is 11.3 Å². The molecule has 19 heavy (non-hydrogen) atoms. The third-order valence-electron chi connectivity index (χ3n) is 3.61. The highest BCUT2D eigenvalue weighted by Gasteiger charge is 2.40. The molecule has 0 aromatic heterocycles. The Hall–Kier alpha value is -0.230. The quantitative estimate of drug-likeness (QED) is 0.620. The number of hydrazine groups is 1. The molecule has 1 saturated carbocycles. The Balaban J connectivity index is 2.10. The first-order valence-corrected chi connectivity index (χ1v) is 7.37. The second-order valence-electron chi connectivity index (χ2n) is 5.09. The van der Waals surface area contributed by atoms with Crippen LogP contribution in [0.5, 0.6) is 0 Å². The van der Waals surface area contributed by atoms with E-state index in [0.29, 0.717) is 17.9 Å². The molecule has 1 fully saturated rings. The van der Waals surface area contributed by atoms with Gasteiger partial charge in [0.15, 0.2) is 0 Å². The number of alkyl halides is 2. The van der Waals surface area contributed by atoms with Crippen LogP contribution in [0.3, 0.4) is 0 Å². The molecule has 1 aliphatic carbocycles. The maximum Gasteiger partial charge on any atom is 0.248 e. The third-order valence-corrected chi connectivity index (χ3v) is 4.57. The summed E-state index contributed by atoms with van der Waals surface area (Å²) < 4.78 is 27.3. The molecule has 1 aromatic carbocycles. The van der Waals surface area contributed by atoms with E-state index in [0.717, 1.165) is 10.0 Å². The van der Waals surface area contributed by atoms with Crippen LogP contribution in [-0.4, -0.2) is 5.92 Å². The molecule has 0 saturated heterocycles. The smallest absolute Gasteiger partial charge is 0.248 e. The second kappa shape index (κ2) is 6.04. The molecule has 6 heteroatoms. The van der Waals surface area contributed by atoms with Crippen LogP contribution in [0.1, 0.15) is 37.3 Å².